The van der Waals surface area contributed by atoms with E-state index in [1.807, 2.05) is 18.2 Å². The summed E-state index contributed by atoms with van der Waals surface area (Å²) in [5.41, 5.74) is 12.2. The molecule has 2 aromatic rings. The Morgan fingerprint density at radius 2 is 1.92 bits per heavy atom. The topological polar surface area (TPSA) is 62.2 Å². The molecule has 2 rings (SSSR count). The molecule has 3 nitrogen and oxygen atoms in total. The Morgan fingerprint density at radius 1 is 1.12 bits per heavy atom. The average Bonchev–Trinajstić information content (AvgIpc) is 2.69. The van der Waals surface area contributed by atoms with Gasteiger partial charge in [-0.15, -0.1) is 0 Å². The van der Waals surface area contributed by atoms with Crippen molar-refractivity contribution in [2.75, 3.05) is 7.05 Å². The summed E-state index contributed by atoms with van der Waals surface area (Å²) in [6.45, 7) is 2.15. The largest absolute Gasteiger partial charge is 0.405 e. The first-order valence-electron chi connectivity index (χ1n) is 9.18. The summed E-state index contributed by atoms with van der Waals surface area (Å²) in [6, 6.07) is 16.8. The fraction of sp³-hybridized carbons (Fsp3) is 0.304. The Kier molecular flexibility index (Phi) is 7.64. The lowest BCUT2D eigenvalue weighted by Crippen LogP contribution is -2.00. The lowest BCUT2D eigenvalue weighted by atomic mass is 9.96. The van der Waals surface area contributed by atoms with E-state index >= 15 is 0 Å². The number of nitriles is 1. The minimum absolute atomic E-state index is 0.752. The smallest absolute Gasteiger partial charge is 0.0991 e. The van der Waals surface area contributed by atoms with Crippen molar-refractivity contribution in [2.24, 2.45) is 10.7 Å². The van der Waals surface area contributed by atoms with Gasteiger partial charge in [-0.25, -0.2) is 0 Å². The highest BCUT2D eigenvalue weighted by Gasteiger charge is 2.04. The van der Waals surface area contributed by atoms with Crippen molar-refractivity contribution in [1.29, 1.82) is 5.26 Å². The highest BCUT2D eigenvalue weighted by atomic mass is 14.7. The quantitative estimate of drug-likeness (QED) is 0.562. The van der Waals surface area contributed by atoms with Crippen LogP contribution in [0.25, 0.3) is 0 Å². The summed E-state index contributed by atoms with van der Waals surface area (Å²) in [4.78, 5) is 4.29. The van der Waals surface area contributed by atoms with Crippen molar-refractivity contribution in [3.05, 3.63) is 82.6 Å². The Bertz CT molecular complexity index is 826. The Morgan fingerprint density at radius 3 is 2.62 bits per heavy atom. The third-order valence-corrected chi connectivity index (χ3v) is 4.60. The lowest BCUT2D eigenvalue weighted by molar-refractivity contribution is 0.730. The highest BCUT2D eigenvalue weighted by molar-refractivity contribution is 6.08. The van der Waals surface area contributed by atoms with Gasteiger partial charge in [0.25, 0.3) is 0 Å². The second-order valence-corrected chi connectivity index (χ2v) is 6.32. The van der Waals surface area contributed by atoms with E-state index in [0.717, 1.165) is 48.9 Å². The van der Waals surface area contributed by atoms with E-state index in [2.05, 4.69) is 48.3 Å². The molecule has 0 atom stereocenters. The van der Waals surface area contributed by atoms with Crippen molar-refractivity contribution >= 4 is 5.71 Å². The molecule has 0 spiro atoms. The number of nitrogens with two attached hydrogens (primary N) is 1. The van der Waals surface area contributed by atoms with Gasteiger partial charge in [-0.1, -0.05) is 31.2 Å². The molecule has 0 aliphatic carbocycles. The second kappa shape index (κ2) is 10.2. The van der Waals surface area contributed by atoms with Gasteiger partial charge in [-0.05, 0) is 84.8 Å². The zero-order chi connectivity index (χ0) is 18.8. The predicted molar refractivity (Wildman–Crippen MR) is 109 cm³/mol. The number of nitrogens with zero attached hydrogens (tertiary/aromatic N) is 2. The molecular formula is C23H27N3. The van der Waals surface area contributed by atoms with Crippen LogP contribution in [0.2, 0.25) is 0 Å². The van der Waals surface area contributed by atoms with Crippen LogP contribution < -0.4 is 5.73 Å². The summed E-state index contributed by atoms with van der Waals surface area (Å²) in [5.74, 6) is 0. The molecule has 26 heavy (non-hydrogen) atoms. The fourth-order valence-corrected chi connectivity index (χ4v) is 3.19. The van der Waals surface area contributed by atoms with E-state index in [-0.39, 0.29) is 0 Å². The highest BCUT2D eigenvalue weighted by Crippen LogP contribution is 2.17. The molecule has 0 unspecified atom stereocenters. The molecule has 0 fully saturated rings. The van der Waals surface area contributed by atoms with Crippen LogP contribution in [0.5, 0.6) is 0 Å². The van der Waals surface area contributed by atoms with E-state index in [0.29, 0.717) is 0 Å². The molecule has 0 saturated heterocycles. The van der Waals surface area contributed by atoms with Crippen LogP contribution in [-0.4, -0.2) is 12.8 Å². The molecule has 0 aromatic heterocycles. The van der Waals surface area contributed by atoms with E-state index < -0.39 is 0 Å². The summed E-state index contributed by atoms with van der Waals surface area (Å²) >= 11 is 0. The Balaban J connectivity index is 1.94. The van der Waals surface area contributed by atoms with Crippen LogP contribution in [-0.2, 0) is 19.3 Å². The molecule has 2 N–H and O–H groups in total. The van der Waals surface area contributed by atoms with Crippen LogP contribution in [0.1, 0.15) is 47.6 Å². The van der Waals surface area contributed by atoms with E-state index in [9.17, 15) is 0 Å². The molecule has 0 radical (unpaired) electrons. The van der Waals surface area contributed by atoms with Gasteiger partial charge in [0.15, 0.2) is 0 Å². The number of allylic oxidation sites excluding steroid dienone is 1. The standard InChI is InChI=1S/C23H27N3/c1-3-20-16-19(17-25)11-12-21(20)9-5-4-7-18-8-6-10-22(15-18)23(26-2)13-14-24/h6,8,10-16H,3-5,7,9,24H2,1-2H3. The molecule has 0 bridgehead atoms. The molecule has 0 aliphatic heterocycles. The zero-order valence-electron chi connectivity index (χ0n) is 15.7. The number of aliphatic imine (C=N–C) groups is 1. The van der Waals surface area contributed by atoms with Crippen LogP contribution in [0.4, 0.5) is 0 Å². The molecule has 0 aliphatic rings. The summed E-state index contributed by atoms with van der Waals surface area (Å²) in [7, 11) is 1.78. The molecule has 0 heterocycles. The monoisotopic (exact) mass is 345 g/mol. The first-order chi connectivity index (χ1) is 12.7. The van der Waals surface area contributed by atoms with Crippen LogP contribution in [0.15, 0.2) is 59.7 Å². The van der Waals surface area contributed by atoms with Crippen LogP contribution >= 0.6 is 0 Å². The third-order valence-electron chi connectivity index (χ3n) is 4.60. The first-order valence-corrected chi connectivity index (χ1v) is 9.18. The number of hydrogen-bond donors (Lipinski definition) is 1. The van der Waals surface area contributed by atoms with Gasteiger partial charge in [0.2, 0.25) is 0 Å². The van der Waals surface area contributed by atoms with Gasteiger partial charge in [-0.2, -0.15) is 5.26 Å². The molecule has 134 valence electrons. The fourth-order valence-electron chi connectivity index (χ4n) is 3.19. The number of rotatable bonds is 8. The summed E-state index contributed by atoms with van der Waals surface area (Å²) in [6.07, 6.45) is 8.72. The van der Waals surface area contributed by atoms with Gasteiger partial charge >= 0.3 is 0 Å². The maximum Gasteiger partial charge on any atom is 0.0991 e. The predicted octanol–water partition coefficient (Wildman–Crippen LogP) is 4.58. The van der Waals surface area contributed by atoms with Crippen molar-refractivity contribution in [3.63, 3.8) is 0 Å². The van der Waals surface area contributed by atoms with Gasteiger partial charge < -0.3 is 5.73 Å². The second-order valence-electron chi connectivity index (χ2n) is 6.32. The minimum atomic E-state index is 0.752. The molecule has 3 heteroatoms. The van der Waals surface area contributed by atoms with E-state index in [1.165, 1.54) is 22.9 Å². The van der Waals surface area contributed by atoms with Gasteiger partial charge in [0.05, 0.1) is 17.3 Å². The number of benzene rings is 2. The molecule has 0 saturated carbocycles. The molecule has 0 amide bonds. The van der Waals surface area contributed by atoms with E-state index in [4.69, 9.17) is 11.0 Å². The van der Waals surface area contributed by atoms with Crippen molar-refractivity contribution in [3.8, 4) is 6.07 Å². The van der Waals surface area contributed by atoms with Gasteiger partial charge in [0.1, 0.15) is 0 Å². The molecular weight excluding hydrogens is 318 g/mol. The van der Waals surface area contributed by atoms with E-state index in [1.54, 1.807) is 7.05 Å². The minimum Gasteiger partial charge on any atom is -0.405 e. The zero-order valence-corrected chi connectivity index (χ0v) is 15.7. The van der Waals surface area contributed by atoms with Gasteiger partial charge in [0, 0.05) is 7.05 Å². The summed E-state index contributed by atoms with van der Waals surface area (Å²) < 4.78 is 0. The van der Waals surface area contributed by atoms with Crippen molar-refractivity contribution < 1.29 is 0 Å². The average molecular weight is 345 g/mol. The van der Waals surface area contributed by atoms with Gasteiger partial charge in [-0.3, -0.25) is 4.99 Å². The summed E-state index contributed by atoms with van der Waals surface area (Å²) in [5, 5.41) is 9.03. The van der Waals surface area contributed by atoms with Crippen LogP contribution in [0, 0.1) is 11.3 Å². The maximum absolute atomic E-state index is 9.03. The normalized spacial score (nSPS) is 11.7. The number of aryl methyl sites for hydroxylation is 3. The Hall–Kier alpha value is -2.86. The van der Waals surface area contributed by atoms with Crippen molar-refractivity contribution in [1.82, 2.24) is 0 Å². The number of hydrogen-bond acceptors (Lipinski definition) is 3. The Labute approximate surface area is 156 Å². The molecule has 2 aromatic carbocycles. The number of unbranched alkanes of at least 4 members (excludes halogenated alkanes) is 1. The van der Waals surface area contributed by atoms with Crippen LogP contribution in [0.3, 0.4) is 0 Å². The van der Waals surface area contributed by atoms with Crippen molar-refractivity contribution in [2.45, 2.75) is 39.0 Å². The SMILES string of the molecule is CCc1cc(C#N)ccc1CCCCc1cccc(C(C=CN)=NC)c1. The third kappa shape index (κ3) is 5.32. The first kappa shape index (κ1) is 19.5. The maximum atomic E-state index is 9.03. The lowest BCUT2D eigenvalue weighted by Gasteiger charge is -2.09.